The molecule has 0 radical (unpaired) electrons. The Kier molecular flexibility index (Phi) is 4.31. The molecule has 1 amide bonds. The number of amides is 1. The van der Waals surface area contributed by atoms with Gasteiger partial charge >= 0.3 is 0 Å². The Morgan fingerprint density at radius 1 is 1.00 bits per heavy atom. The molecule has 0 spiro atoms. The van der Waals surface area contributed by atoms with Gasteiger partial charge in [-0.3, -0.25) is 4.79 Å². The van der Waals surface area contributed by atoms with Crippen molar-refractivity contribution in [3.8, 4) is 0 Å². The molecule has 0 aliphatic rings. The first-order chi connectivity index (χ1) is 8.97. The van der Waals surface area contributed by atoms with Gasteiger partial charge in [0.25, 0.3) is 5.91 Å². The first-order valence-corrected chi connectivity index (χ1v) is 6.77. The van der Waals surface area contributed by atoms with Crippen LogP contribution in [0.2, 0.25) is 0 Å². The molecular formula is C13H7Br2F2NO. The number of hydrogen-bond acceptors (Lipinski definition) is 1. The summed E-state index contributed by atoms with van der Waals surface area (Å²) >= 11 is 6.18. The van der Waals surface area contributed by atoms with E-state index in [0.29, 0.717) is 4.47 Å². The van der Waals surface area contributed by atoms with Gasteiger partial charge < -0.3 is 5.32 Å². The molecule has 98 valence electrons. The average molecular weight is 391 g/mol. The molecule has 1 N–H and O–H groups in total. The van der Waals surface area contributed by atoms with Gasteiger partial charge in [0.2, 0.25) is 0 Å². The van der Waals surface area contributed by atoms with Crippen molar-refractivity contribution in [3.63, 3.8) is 0 Å². The Balaban J connectivity index is 2.25. The Hall–Kier alpha value is -1.27. The number of benzene rings is 2. The van der Waals surface area contributed by atoms with Crippen LogP contribution in [0.1, 0.15) is 10.4 Å². The summed E-state index contributed by atoms with van der Waals surface area (Å²) in [6, 6.07) is 8.04. The molecular weight excluding hydrogens is 384 g/mol. The topological polar surface area (TPSA) is 29.1 Å². The lowest BCUT2D eigenvalue weighted by Gasteiger charge is -2.07. The molecule has 6 heteroatoms. The molecule has 0 aliphatic carbocycles. The largest absolute Gasteiger partial charge is 0.319 e. The quantitative estimate of drug-likeness (QED) is 0.788. The second-order valence-electron chi connectivity index (χ2n) is 3.71. The number of anilines is 1. The maximum absolute atomic E-state index is 13.5. The summed E-state index contributed by atoms with van der Waals surface area (Å²) in [7, 11) is 0. The minimum atomic E-state index is -0.544. The number of halogens is 4. The Labute approximate surface area is 125 Å². The fraction of sp³-hybridized carbons (Fsp3) is 0. The van der Waals surface area contributed by atoms with Crippen LogP contribution < -0.4 is 5.32 Å². The van der Waals surface area contributed by atoms with Crippen molar-refractivity contribution >= 4 is 43.5 Å². The van der Waals surface area contributed by atoms with E-state index < -0.39 is 17.5 Å². The van der Waals surface area contributed by atoms with Gasteiger partial charge in [0.05, 0.1) is 10.2 Å². The van der Waals surface area contributed by atoms with E-state index in [1.807, 2.05) is 0 Å². The van der Waals surface area contributed by atoms with Crippen LogP contribution in [0.15, 0.2) is 45.3 Å². The average Bonchev–Trinajstić information content (AvgIpc) is 2.37. The molecule has 0 fully saturated rings. The van der Waals surface area contributed by atoms with Crippen molar-refractivity contribution in [1.82, 2.24) is 0 Å². The van der Waals surface area contributed by atoms with Gasteiger partial charge in [-0.15, -0.1) is 0 Å². The fourth-order valence-electron chi connectivity index (χ4n) is 1.43. The Bertz CT molecular complexity index is 647. The van der Waals surface area contributed by atoms with Gasteiger partial charge in [-0.1, -0.05) is 15.9 Å². The van der Waals surface area contributed by atoms with E-state index in [9.17, 15) is 13.6 Å². The standard InChI is InChI=1S/C13H7Br2F2NO/c14-8-2-4-11(17)12(6-8)18-13(19)7-1-3-10(16)9(15)5-7/h1-6H,(H,18,19). The molecule has 0 atom stereocenters. The van der Waals surface area contributed by atoms with Crippen LogP contribution in [-0.2, 0) is 0 Å². The van der Waals surface area contributed by atoms with Crippen molar-refractivity contribution < 1.29 is 13.6 Å². The summed E-state index contributed by atoms with van der Waals surface area (Å²) in [5, 5.41) is 2.43. The molecule has 2 rings (SSSR count). The van der Waals surface area contributed by atoms with Gasteiger partial charge in [-0.2, -0.15) is 0 Å². The van der Waals surface area contributed by atoms with Gasteiger partial charge in [0.15, 0.2) is 0 Å². The lowest BCUT2D eigenvalue weighted by molar-refractivity contribution is 0.102. The molecule has 2 aromatic carbocycles. The molecule has 0 aliphatic heterocycles. The third-order valence-corrected chi connectivity index (χ3v) is 3.46. The van der Waals surface area contributed by atoms with Crippen LogP contribution in [0, 0.1) is 11.6 Å². The van der Waals surface area contributed by atoms with Crippen LogP contribution in [0.5, 0.6) is 0 Å². The highest BCUT2D eigenvalue weighted by molar-refractivity contribution is 9.10. The number of rotatable bonds is 2. The van der Waals surface area contributed by atoms with E-state index in [2.05, 4.69) is 37.2 Å². The number of nitrogens with one attached hydrogen (secondary N) is 1. The summed E-state index contributed by atoms with van der Waals surface area (Å²) in [4.78, 5) is 11.9. The summed E-state index contributed by atoms with van der Waals surface area (Å²) in [6.45, 7) is 0. The number of hydrogen-bond donors (Lipinski definition) is 1. The van der Waals surface area contributed by atoms with E-state index in [-0.39, 0.29) is 15.7 Å². The lowest BCUT2D eigenvalue weighted by Crippen LogP contribution is -2.13. The SMILES string of the molecule is O=C(Nc1cc(Br)ccc1F)c1ccc(F)c(Br)c1. The third kappa shape index (κ3) is 3.39. The molecule has 0 aromatic heterocycles. The molecule has 2 aromatic rings. The van der Waals surface area contributed by atoms with Gasteiger partial charge in [0, 0.05) is 10.0 Å². The molecule has 0 saturated carbocycles. The minimum absolute atomic E-state index is 0.0554. The normalized spacial score (nSPS) is 10.3. The number of carbonyl (C=O) groups is 1. The van der Waals surface area contributed by atoms with E-state index in [1.54, 1.807) is 0 Å². The summed E-state index contributed by atoms with van der Waals surface area (Å²) in [5.74, 6) is -1.53. The van der Waals surface area contributed by atoms with Crippen molar-refractivity contribution in [2.45, 2.75) is 0 Å². The van der Waals surface area contributed by atoms with Crippen LogP contribution >= 0.6 is 31.9 Å². The van der Waals surface area contributed by atoms with E-state index in [0.717, 1.165) is 6.07 Å². The Morgan fingerprint density at radius 3 is 2.37 bits per heavy atom. The maximum atomic E-state index is 13.5. The predicted molar refractivity (Wildman–Crippen MR) is 76.2 cm³/mol. The molecule has 19 heavy (non-hydrogen) atoms. The molecule has 0 saturated heterocycles. The van der Waals surface area contributed by atoms with Crippen molar-refractivity contribution in [3.05, 3.63) is 62.5 Å². The summed E-state index contributed by atoms with van der Waals surface area (Å²) in [5.41, 5.74) is 0.285. The number of carbonyl (C=O) groups excluding carboxylic acids is 1. The zero-order chi connectivity index (χ0) is 14.0. The van der Waals surface area contributed by atoms with Crippen molar-refractivity contribution in [2.24, 2.45) is 0 Å². The first-order valence-electron chi connectivity index (χ1n) is 5.19. The highest BCUT2D eigenvalue weighted by Gasteiger charge is 2.11. The van der Waals surface area contributed by atoms with E-state index >= 15 is 0 Å². The van der Waals surface area contributed by atoms with Crippen molar-refractivity contribution in [1.29, 1.82) is 0 Å². The molecule has 0 heterocycles. The molecule has 0 bridgehead atoms. The predicted octanol–water partition coefficient (Wildman–Crippen LogP) is 4.74. The monoisotopic (exact) mass is 389 g/mol. The first kappa shape index (κ1) is 14.1. The highest BCUT2D eigenvalue weighted by Crippen LogP contribution is 2.22. The fourth-order valence-corrected chi connectivity index (χ4v) is 2.17. The summed E-state index contributed by atoms with van der Waals surface area (Å²) in [6.07, 6.45) is 0. The molecule has 2 nitrogen and oxygen atoms in total. The lowest BCUT2D eigenvalue weighted by atomic mass is 10.2. The van der Waals surface area contributed by atoms with Crippen molar-refractivity contribution in [2.75, 3.05) is 5.32 Å². The van der Waals surface area contributed by atoms with Gasteiger partial charge in [-0.05, 0) is 52.3 Å². The zero-order valence-electron chi connectivity index (χ0n) is 9.38. The zero-order valence-corrected chi connectivity index (χ0v) is 12.6. The van der Waals surface area contributed by atoms with E-state index in [4.69, 9.17) is 0 Å². The Morgan fingerprint density at radius 2 is 1.68 bits per heavy atom. The molecule has 0 unspecified atom stereocenters. The van der Waals surface area contributed by atoms with Crippen LogP contribution in [-0.4, -0.2) is 5.91 Å². The van der Waals surface area contributed by atoms with Crippen LogP contribution in [0.3, 0.4) is 0 Å². The smallest absolute Gasteiger partial charge is 0.255 e. The van der Waals surface area contributed by atoms with Gasteiger partial charge in [0.1, 0.15) is 11.6 Å². The van der Waals surface area contributed by atoms with E-state index in [1.165, 1.54) is 30.3 Å². The maximum Gasteiger partial charge on any atom is 0.255 e. The third-order valence-electron chi connectivity index (χ3n) is 2.36. The van der Waals surface area contributed by atoms with Crippen LogP contribution in [0.4, 0.5) is 14.5 Å². The van der Waals surface area contributed by atoms with Crippen LogP contribution in [0.25, 0.3) is 0 Å². The second-order valence-corrected chi connectivity index (χ2v) is 5.48. The summed E-state index contributed by atoms with van der Waals surface area (Å²) < 4.78 is 27.4. The highest BCUT2D eigenvalue weighted by atomic mass is 79.9. The minimum Gasteiger partial charge on any atom is -0.319 e. The second kappa shape index (κ2) is 5.79. The van der Waals surface area contributed by atoms with Gasteiger partial charge in [-0.25, -0.2) is 8.78 Å².